The van der Waals surface area contributed by atoms with Crippen molar-refractivity contribution in [2.75, 3.05) is 6.61 Å². The van der Waals surface area contributed by atoms with Crippen LogP contribution in [-0.4, -0.2) is 39.6 Å². The zero-order chi connectivity index (χ0) is 18.2. The van der Waals surface area contributed by atoms with Gasteiger partial charge in [0, 0.05) is 0 Å². The maximum absolute atomic E-state index is 12.3. The normalized spacial score (nSPS) is 18.2. The highest BCUT2D eigenvalue weighted by molar-refractivity contribution is 5.93. The summed E-state index contributed by atoms with van der Waals surface area (Å²) in [5.74, 6) is -1.91. The van der Waals surface area contributed by atoms with Gasteiger partial charge in [0.05, 0.1) is 18.1 Å². The van der Waals surface area contributed by atoms with E-state index in [0.29, 0.717) is 11.1 Å². The molecule has 0 saturated carbocycles. The van der Waals surface area contributed by atoms with Crippen molar-refractivity contribution in [3.63, 3.8) is 0 Å². The van der Waals surface area contributed by atoms with Crippen LogP contribution in [0, 0.1) is 0 Å². The Labute approximate surface area is 143 Å². The Balaban J connectivity index is 2.06. The molecule has 130 valence electrons. The summed E-state index contributed by atoms with van der Waals surface area (Å²) in [7, 11) is 0. The Kier molecular flexibility index (Phi) is 4.03. The Morgan fingerprint density at radius 3 is 2.80 bits per heavy atom. The van der Waals surface area contributed by atoms with Crippen LogP contribution in [-0.2, 0) is 14.3 Å². The number of primary amides is 1. The summed E-state index contributed by atoms with van der Waals surface area (Å²) in [6, 6.07) is 6.54. The molecule has 1 aromatic carbocycles. The number of benzene rings is 1. The number of amides is 1. The fraction of sp³-hybridized carbons (Fsp3) is 0.294. The lowest BCUT2D eigenvalue weighted by Crippen LogP contribution is -2.44. The van der Waals surface area contributed by atoms with Crippen molar-refractivity contribution in [1.82, 2.24) is 9.55 Å². The van der Waals surface area contributed by atoms with E-state index >= 15 is 0 Å². The average molecular weight is 343 g/mol. The van der Waals surface area contributed by atoms with Crippen LogP contribution >= 0.6 is 0 Å². The monoisotopic (exact) mass is 343 g/mol. The summed E-state index contributed by atoms with van der Waals surface area (Å²) in [4.78, 5) is 39.3. The second kappa shape index (κ2) is 6.04. The third kappa shape index (κ3) is 2.98. The number of esters is 2. The highest BCUT2D eigenvalue weighted by Gasteiger charge is 2.43. The first-order chi connectivity index (χ1) is 11.8. The van der Waals surface area contributed by atoms with Gasteiger partial charge < -0.3 is 19.8 Å². The first-order valence-corrected chi connectivity index (χ1v) is 7.61. The third-order valence-electron chi connectivity index (χ3n) is 3.99. The molecule has 25 heavy (non-hydrogen) atoms. The molecule has 2 N–H and O–H groups in total. The molecule has 0 radical (unpaired) electrons. The third-order valence-corrected chi connectivity index (χ3v) is 3.99. The van der Waals surface area contributed by atoms with E-state index in [4.69, 9.17) is 15.2 Å². The zero-order valence-corrected chi connectivity index (χ0v) is 13.8. The largest absolute Gasteiger partial charge is 0.453 e. The molecule has 1 aliphatic heterocycles. The van der Waals surface area contributed by atoms with Gasteiger partial charge in [-0.05, 0) is 25.5 Å². The minimum absolute atomic E-state index is 0.132. The van der Waals surface area contributed by atoms with Crippen LogP contribution in [0.15, 0.2) is 36.8 Å². The van der Waals surface area contributed by atoms with E-state index in [0.717, 1.165) is 0 Å². The van der Waals surface area contributed by atoms with E-state index in [1.54, 1.807) is 36.6 Å². The molecule has 0 aliphatic carbocycles. The number of hydrogen-bond acceptors (Lipinski definition) is 6. The molecule has 1 aromatic heterocycles. The lowest BCUT2D eigenvalue weighted by Gasteiger charge is -2.40. The number of aromatic nitrogens is 2. The van der Waals surface area contributed by atoms with Gasteiger partial charge >= 0.3 is 11.9 Å². The number of carbonyl (C=O) groups excluding carboxylic acids is 3. The second-order valence-corrected chi connectivity index (χ2v) is 6.21. The highest BCUT2D eigenvalue weighted by atomic mass is 16.6. The number of cyclic esters (lactones) is 1. The fourth-order valence-corrected chi connectivity index (χ4v) is 3.01. The second-order valence-electron chi connectivity index (χ2n) is 6.21. The van der Waals surface area contributed by atoms with E-state index in [-0.39, 0.29) is 5.69 Å². The number of carbonyl (C=O) groups is 3. The van der Waals surface area contributed by atoms with Crippen molar-refractivity contribution in [2.45, 2.75) is 25.5 Å². The van der Waals surface area contributed by atoms with Crippen LogP contribution in [0.1, 0.15) is 46.3 Å². The molecule has 1 aliphatic rings. The van der Waals surface area contributed by atoms with Crippen LogP contribution in [0.3, 0.4) is 0 Å². The highest BCUT2D eigenvalue weighted by Crippen LogP contribution is 2.40. The minimum atomic E-state index is -0.926. The molecule has 8 heteroatoms. The SMILES string of the molecule is CC1(C)OC(=O)c2ccccc2C1n1cncc1C(=O)OCC(N)=O. The smallest absolute Gasteiger partial charge is 0.357 e. The molecule has 2 heterocycles. The number of rotatable bonds is 4. The standard InChI is InChI=1S/C17H17N3O5/c1-17(2)14(10-5-3-4-6-11(10)15(22)25-17)20-9-19-7-12(20)16(23)24-8-13(18)21/h3-7,9,14H,8H2,1-2H3,(H2,18,21). The van der Waals surface area contributed by atoms with Crippen molar-refractivity contribution >= 4 is 17.8 Å². The van der Waals surface area contributed by atoms with E-state index < -0.39 is 36.1 Å². The van der Waals surface area contributed by atoms with Crippen LogP contribution in [0.5, 0.6) is 0 Å². The summed E-state index contributed by atoms with van der Waals surface area (Å²) in [5, 5.41) is 0. The van der Waals surface area contributed by atoms with Crippen LogP contribution in [0.25, 0.3) is 0 Å². The first kappa shape index (κ1) is 16.7. The van der Waals surface area contributed by atoms with E-state index in [9.17, 15) is 14.4 Å². The predicted octanol–water partition coefficient (Wildman–Crippen LogP) is 1.06. The van der Waals surface area contributed by atoms with Crippen molar-refractivity contribution < 1.29 is 23.9 Å². The zero-order valence-electron chi connectivity index (χ0n) is 13.8. The number of nitrogens with two attached hydrogens (primary N) is 1. The molecule has 1 atom stereocenters. The maximum Gasteiger partial charge on any atom is 0.357 e. The molecule has 0 bridgehead atoms. The maximum atomic E-state index is 12.3. The predicted molar refractivity (Wildman–Crippen MR) is 85.8 cm³/mol. The fourth-order valence-electron chi connectivity index (χ4n) is 3.01. The Morgan fingerprint density at radius 1 is 1.36 bits per heavy atom. The molecule has 0 spiro atoms. The van der Waals surface area contributed by atoms with Crippen molar-refractivity contribution in [1.29, 1.82) is 0 Å². The Hall–Kier alpha value is -3.16. The van der Waals surface area contributed by atoms with Gasteiger partial charge in [-0.15, -0.1) is 0 Å². The van der Waals surface area contributed by atoms with Crippen LogP contribution in [0.4, 0.5) is 0 Å². The summed E-state index contributed by atoms with van der Waals surface area (Å²) in [5.41, 5.74) is 5.35. The average Bonchev–Trinajstić information content (AvgIpc) is 3.01. The molecular weight excluding hydrogens is 326 g/mol. The lowest BCUT2D eigenvalue weighted by atomic mass is 9.85. The topological polar surface area (TPSA) is 114 Å². The van der Waals surface area contributed by atoms with Crippen molar-refractivity contribution in [2.24, 2.45) is 5.73 Å². The number of hydrogen-bond donors (Lipinski definition) is 1. The molecule has 2 aromatic rings. The molecule has 0 saturated heterocycles. The number of imidazole rings is 1. The van der Waals surface area contributed by atoms with Crippen LogP contribution < -0.4 is 5.73 Å². The van der Waals surface area contributed by atoms with Gasteiger partial charge in [0.2, 0.25) is 0 Å². The van der Waals surface area contributed by atoms with Gasteiger partial charge in [-0.3, -0.25) is 4.79 Å². The van der Waals surface area contributed by atoms with Gasteiger partial charge in [0.15, 0.2) is 6.61 Å². The Morgan fingerprint density at radius 2 is 2.08 bits per heavy atom. The summed E-state index contributed by atoms with van der Waals surface area (Å²) in [6.45, 7) is 2.98. The van der Waals surface area contributed by atoms with Gasteiger partial charge in [-0.1, -0.05) is 18.2 Å². The van der Waals surface area contributed by atoms with Gasteiger partial charge in [-0.25, -0.2) is 14.6 Å². The molecule has 3 rings (SSSR count). The minimum Gasteiger partial charge on any atom is -0.453 e. The molecule has 1 amide bonds. The summed E-state index contributed by atoms with van der Waals surface area (Å²) in [6.07, 6.45) is 2.79. The molecule has 1 unspecified atom stereocenters. The quantitative estimate of drug-likeness (QED) is 0.831. The van der Waals surface area contributed by atoms with Gasteiger partial charge in [0.1, 0.15) is 17.3 Å². The molecular formula is C17H17N3O5. The first-order valence-electron chi connectivity index (χ1n) is 7.61. The lowest BCUT2D eigenvalue weighted by molar-refractivity contribution is -0.121. The van der Waals surface area contributed by atoms with Crippen molar-refractivity contribution in [3.8, 4) is 0 Å². The van der Waals surface area contributed by atoms with Crippen LogP contribution in [0.2, 0.25) is 0 Å². The Bertz CT molecular complexity index is 855. The summed E-state index contributed by atoms with van der Waals surface area (Å²) < 4.78 is 12.0. The summed E-state index contributed by atoms with van der Waals surface area (Å²) >= 11 is 0. The van der Waals surface area contributed by atoms with E-state index in [1.807, 2.05) is 6.07 Å². The van der Waals surface area contributed by atoms with Crippen molar-refractivity contribution in [3.05, 3.63) is 53.6 Å². The van der Waals surface area contributed by atoms with Gasteiger partial charge in [-0.2, -0.15) is 0 Å². The number of ether oxygens (including phenoxy) is 2. The number of nitrogens with zero attached hydrogens (tertiary/aromatic N) is 2. The molecule has 0 fully saturated rings. The molecule has 8 nitrogen and oxygen atoms in total. The number of fused-ring (bicyclic) bond motifs is 1. The van der Waals surface area contributed by atoms with E-state index in [1.165, 1.54) is 12.5 Å². The van der Waals surface area contributed by atoms with E-state index in [2.05, 4.69) is 4.98 Å². The van der Waals surface area contributed by atoms with Gasteiger partial charge in [0.25, 0.3) is 5.91 Å².